The topological polar surface area (TPSA) is 59.0 Å². The number of aliphatic hydroxyl groups is 1. The molecule has 1 saturated heterocycles. The van der Waals surface area contributed by atoms with Crippen LogP contribution in [0, 0.1) is 0 Å². The molecular formula is C14H18ClNO4. The number of aliphatic hydroxyl groups excluding tert-OH is 1. The molecule has 1 heterocycles. The first-order valence-electron chi connectivity index (χ1n) is 6.56. The van der Waals surface area contributed by atoms with Gasteiger partial charge in [-0.05, 0) is 19.1 Å². The van der Waals surface area contributed by atoms with Crippen LogP contribution in [0.3, 0.4) is 0 Å². The Morgan fingerprint density at radius 1 is 1.50 bits per heavy atom. The van der Waals surface area contributed by atoms with Gasteiger partial charge in [-0.1, -0.05) is 23.7 Å². The van der Waals surface area contributed by atoms with E-state index < -0.39 is 6.10 Å². The van der Waals surface area contributed by atoms with Gasteiger partial charge in [0.2, 0.25) is 0 Å². The highest BCUT2D eigenvalue weighted by atomic mass is 35.5. The van der Waals surface area contributed by atoms with Crippen molar-refractivity contribution >= 4 is 17.5 Å². The molecule has 0 aliphatic carbocycles. The average molecular weight is 300 g/mol. The second-order valence-electron chi connectivity index (χ2n) is 4.57. The Morgan fingerprint density at radius 2 is 2.25 bits per heavy atom. The summed E-state index contributed by atoms with van der Waals surface area (Å²) in [6.07, 6.45) is -0.640. The minimum absolute atomic E-state index is 0.110. The number of likely N-dealkylation sites (N-methyl/N-ethyl adjacent to an activating group) is 1. The standard InChI is InChI=1S/C14H18ClNO4/c1-2-16(11-7-19-8-12(11)17)14(18)9-20-13-6-4-3-5-10(13)15/h3-6,11-12,17H,2,7-9H2,1H3/t11-,12-/m0/s1. The lowest BCUT2D eigenvalue weighted by molar-refractivity contribution is -0.137. The molecule has 1 N–H and O–H groups in total. The normalized spacial score (nSPS) is 21.8. The summed E-state index contributed by atoms with van der Waals surface area (Å²) in [6, 6.07) is 6.69. The molecule has 2 atom stereocenters. The van der Waals surface area contributed by atoms with E-state index in [1.54, 1.807) is 29.2 Å². The van der Waals surface area contributed by atoms with Gasteiger partial charge in [0, 0.05) is 6.54 Å². The van der Waals surface area contributed by atoms with Crippen molar-refractivity contribution in [2.75, 3.05) is 26.4 Å². The molecule has 1 aromatic rings. The second kappa shape index (κ2) is 6.92. The Labute approximate surface area is 123 Å². The van der Waals surface area contributed by atoms with Crippen molar-refractivity contribution in [1.29, 1.82) is 0 Å². The first-order valence-corrected chi connectivity index (χ1v) is 6.94. The largest absolute Gasteiger partial charge is 0.482 e. The monoisotopic (exact) mass is 299 g/mol. The fraction of sp³-hybridized carbons (Fsp3) is 0.500. The van der Waals surface area contributed by atoms with Gasteiger partial charge >= 0.3 is 0 Å². The van der Waals surface area contributed by atoms with Gasteiger partial charge < -0.3 is 19.5 Å². The van der Waals surface area contributed by atoms with E-state index in [1.807, 2.05) is 6.92 Å². The molecule has 20 heavy (non-hydrogen) atoms. The van der Waals surface area contributed by atoms with E-state index in [-0.39, 0.29) is 25.2 Å². The zero-order chi connectivity index (χ0) is 14.5. The molecule has 6 heteroatoms. The molecule has 1 aliphatic rings. The highest BCUT2D eigenvalue weighted by molar-refractivity contribution is 6.32. The average Bonchev–Trinajstić information content (AvgIpc) is 2.85. The van der Waals surface area contributed by atoms with Crippen LogP contribution in [0.1, 0.15) is 6.92 Å². The smallest absolute Gasteiger partial charge is 0.260 e. The Morgan fingerprint density at radius 3 is 2.85 bits per heavy atom. The third kappa shape index (κ3) is 3.42. The maximum atomic E-state index is 12.2. The number of para-hydroxylation sites is 1. The van der Waals surface area contributed by atoms with E-state index in [0.717, 1.165) is 0 Å². The number of hydrogen-bond acceptors (Lipinski definition) is 4. The van der Waals surface area contributed by atoms with Gasteiger partial charge in [-0.15, -0.1) is 0 Å². The van der Waals surface area contributed by atoms with Crippen LogP contribution in [-0.4, -0.2) is 54.4 Å². The van der Waals surface area contributed by atoms with Gasteiger partial charge in [-0.3, -0.25) is 4.79 Å². The van der Waals surface area contributed by atoms with E-state index in [4.69, 9.17) is 21.1 Å². The number of halogens is 1. The van der Waals surface area contributed by atoms with Gasteiger partial charge in [0.05, 0.1) is 30.4 Å². The summed E-state index contributed by atoms with van der Waals surface area (Å²) in [5, 5.41) is 10.3. The lowest BCUT2D eigenvalue weighted by atomic mass is 10.2. The molecule has 1 amide bonds. The number of ether oxygens (including phenoxy) is 2. The quantitative estimate of drug-likeness (QED) is 0.891. The highest BCUT2D eigenvalue weighted by Crippen LogP contribution is 2.23. The summed E-state index contributed by atoms with van der Waals surface area (Å²) in [7, 11) is 0. The summed E-state index contributed by atoms with van der Waals surface area (Å²) in [5.41, 5.74) is 0. The number of carbonyl (C=O) groups excluding carboxylic acids is 1. The van der Waals surface area contributed by atoms with Crippen molar-refractivity contribution in [3.8, 4) is 5.75 Å². The first kappa shape index (κ1) is 15.1. The summed E-state index contributed by atoms with van der Waals surface area (Å²) in [4.78, 5) is 13.8. The Kier molecular flexibility index (Phi) is 5.23. The molecule has 110 valence electrons. The van der Waals surface area contributed by atoms with Crippen LogP contribution in [0.2, 0.25) is 5.02 Å². The van der Waals surface area contributed by atoms with Gasteiger partial charge in [0.15, 0.2) is 6.61 Å². The van der Waals surface area contributed by atoms with Crippen molar-refractivity contribution in [3.05, 3.63) is 29.3 Å². The molecule has 0 bridgehead atoms. The van der Waals surface area contributed by atoms with Crippen LogP contribution in [0.5, 0.6) is 5.75 Å². The summed E-state index contributed by atoms with van der Waals surface area (Å²) in [6.45, 7) is 2.86. The van der Waals surface area contributed by atoms with E-state index in [9.17, 15) is 9.90 Å². The Bertz CT molecular complexity index is 468. The third-order valence-corrected chi connectivity index (χ3v) is 3.58. The van der Waals surface area contributed by atoms with Gasteiger partial charge in [-0.2, -0.15) is 0 Å². The van der Waals surface area contributed by atoms with Crippen molar-refractivity contribution in [2.24, 2.45) is 0 Å². The number of amides is 1. The van der Waals surface area contributed by atoms with Gasteiger partial charge in [0.25, 0.3) is 5.91 Å². The fourth-order valence-corrected chi connectivity index (χ4v) is 2.40. The number of rotatable bonds is 5. The minimum atomic E-state index is -0.640. The maximum absolute atomic E-state index is 12.2. The van der Waals surface area contributed by atoms with E-state index in [0.29, 0.717) is 23.9 Å². The molecule has 0 unspecified atom stereocenters. The Balaban J connectivity index is 1.94. The van der Waals surface area contributed by atoms with E-state index in [2.05, 4.69) is 0 Å². The fourth-order valence-electron chi connectivity index (χ4n) is 2.21. The molecule has 1 aliphatic heterocycles. The van der Waals surface area contributed by atoms with E-state index in [1.165, 1.54) is 0 Å². The molecule has 0 spiro atoms. The second-order valence-corrected chi connectivity index (χ2v) is 4.98. The maximum Gasteiger partial charge on any atom is 0.260 e. The first-order chi connectivity index (χ1) is 9.63. The third-order valence-electron chi connectivity index (χ3n) is 3.27. The molecule has 0 radical (unpaired) electrons. The molecule has 0 saturated carbocycles. The van der Waals surface area contributed by atoms with Crippen LogP contribution in [0.4, 0.5) is 0 Å². The molecule has 2 rings (SSSR count). The zero-order valence-corrected chi connectivity index (χ0v) is 12.0. The van der Waals surface area contributed by atoms with Crippen LogP contribution in [0.15, 0.2) is 24.3 Å². The summed E-state index contributed by atoms with van der Waals surface area (Å²) >= 11 is 5.96. The van der Waals surface area contributed by atoms with Gasteiger partial charge in [0.1, 0.15) is 5.75 Å². The van der Waals surface area contributed by atoms with Crippen molar-refractivity contribution < 1.29 is 19.4 Å². The van der Waals surface area contributed by atoms with Crippen molar-refractivity contribution in [3.63, 3.8) is 0 Å². The minimum Gasteiger partial charge on any atom is -0.482 e. The van der Waals surface area contributed by atoms with Crippen molar-refractivity contribution in [2.45, 2.75) is 19.1 Å². The lowest BCUT2D eigenvalue weighted by Crippen LogP contribution is -2.48. The molecule has 1 aromatic carbocycles. The summed E-state index contributed by atoms with van der Waals surface area (Å²) < 4.78 is 10.6. The molecule has 5 nitrogen and oxygen atoms in total. The van der Waals surface area contributed by atoms with Crippen LogP contribution in [0.25, 0.3) is 0 Å². The van der Waals surface area contributed by atoms with Gasteiger partial charge in [-0.25, -0.2) is 0 Å². The number of carbonyl (C=O) groups is 1. The lowest BCUT2D eigenvalue weighted by Gasteiger charge is -2.28. The molecule has 0 aromatic heterocycles. The van der Waals surface area contributed by atoms with Crippen LogP contribution in [-0.2, 0) is 9.53 Å². The molecule has 1 fully saturated rings. The molecular weight excluding hydrogens is 282 g/mol. The van der Waals surface area contributed by atoms with Crippen LogP contribution >= 0.6 is 11.6 Å². The van der Waals surface area contributed by atoms with E-state index >= 15 is 0 Å². The SMILES string of the molecule is CCN(C(=O)COc1ccccc1Cl)[C@H]1COC[C@@H]1O. The predicted molar refractivity (Wildman–Crippen MR) is 74.9 cm³/mol. The summed E-state index contributed by atoms with van der Waals surface area (Å²) in [5.74, 6) is 0.281. The number of benzene rings is 1. The number of nitrogens with zero attached hydrogens (tertiary/aromatic N) is 1. The zero-order valence-electron chi connectivity index (χ0n) is 11.3. The van der Waals surface area contributed by atoms with Crippen LogP contribution < -0.4 is 4.74 Å². The number of hydrogen-bond donors (Lipinski definition) is 1. The highest BCUT2D eigenvalue weighted by Gasteiger charge is 2.33. The Hall–Kier alpha value is -1.30. The predicted octanol–water partition coefficient (Wildman–Crippen LogP) is 1.33. The van der Waals surface area contributed by atoms with Crippen molar-refractivity contribution in [1.82, 2.24) is 4.90 Å².